The number of nitrogens with zero attached hydrogens (tertiary/aromatic N) is 2. The lowest BCUT2D eigenvalue weighted by Gasteiger charge is -2.23. The molecule has 0 spiro atoms. The van der Waals surface area contributed by atoms with Gasteiger partial charge in [-0.1, -0.05) is 41.9 Å². The molecule has 0 saturated heterocycles. The maximum atomic E-state index is 12.1. The summed E-state index contributed by atoms with van der Waals surface area (Å²) in [6, 6.07) is 17.4. The zero-order valence-electron chi connectivity index (χ0n) is 12.8. The van der Waals surface area contributed by atoms with Crippen LogP contribution in [0.3, 0.4) is 0 Å². The van der Waals surface area contributed by atoms with Crippen LogP contribution in [0.2, 0.25) is 5.02 Å². The molecule has 1 aliphatic heterocycles. The summed E-state index contributed by atoms with van der Waals surface area (Å²) in [6.45, 7) is 2.13. The van der Waals surface area contributed by atoms with Crippen LogP contribution in [-0.2, 0) is 9.53 Å². The summed E-state index contributed by atoms with van der Waals surface area (Å²) < 4.78 is 5.10. The number of benzene rings is 2. The summed E-state index contributed by atoms with van der Waals surface area (Å²) in [4.78, 5) is 12.1. The van der Waals surface area contributed by atoms with Gasteiger partial charge in [-0.2, -0.15) is 5.10 Å². The molecule has 1 unspecified atom stereocenters. The molecule has 2 aromatic rings. The zero-order valence-corrected chi connectivity index (χ0v) is 13.5. The molecule has 118 valence electrons. The lowest BCUT2D eigenvalue weighted by molar-refractivity contribution is -0.135. The van der Waals surface area contributed by atoms with Crippen LogP contribution in [0.25, 0.3) is 0 Å². The number of anilines is 1. The van der Waals surface area contributed by atoms with Crippen LogP contribution in [-0.4, -0.2) is 18.3 Å². The van der Waals surface area contributed by atoms with Gasteiger partial charge in [0, 0.05) is 11.4 Å². The van der Waals surface area contributed by atoms with Gasteiger partial charge >= 0.3 is 5.97 Å². The van der Waals surface area contributed by atoms with E-state index in [1.807, 2.05) is 59.6 Å². The van der Waals surface area contributed by atoms with Crippen molar-refractivity contribution in [3.8, 4) is 0 Å². The Balaban J connectivity index is 1.94. The van der Waals surface area contributed by atoms with Crippen molar-refractivity contribution in [3.05, 3.63) is 65.2 Å². The number of halogens is 1. The van der Waals surface area contributed by atoms with E-state index in [0.717, 1.165) is 11.3 Å². The van der Waals surface area contributed by atoms with Gasteiger partial charge in [-0.25, -0.2) is 4.79 Å². The third kappa shape index (κ3) is 3.37. The van der Waals surface area contributed by atoms with Gasteiger partial charge in [0.05, 0.1) is 18.3 Å². The van der Waals surface area contributed by atoms with E-state index in [2.05, 4.69) is 5.10 Å². The fourth-order valence-corrected chi connectivity index (χ4v) is 2.74. The predicted molar refractivity (Wildman–Crippen MR) is 91.8 cm³/mol. The average Bonchev–Trinajstić information content (AvgIpc) is 3.02. The summed E-state index contributed by atoms with van der Waals surface area (Å²) in [7, 11) is 0. The predicted octanol–water partition coefficient (Wildman–Crippen LogP) is 4.21. The van der Waals surface area contributed by atoms with E-state index in [-0.39, 0.29) is 12.0 Å². The van der Waals surface area contributed by atoms with Gasteiger partial charge in [0.2, 0.25) is 0 Å². The highest BCUT2D eigenvalue weighted by Gasteiger charge is 2.32. The van der Waals surface area contributed by atoms with Crippen LogP contribution in [0.15, 0.2) is 59.7 Å². The molecule has 1 aliphatic rings. The normalized spacial score (nSPS) is 17.0. The third-order valence-electron chi connectivity index (χ3n) is 3.70. The van der Waals surface area contributed by atoms with Gasteiger partial charge in [-0.3, -0.25) is 5.01 Å². The monoisotopic (exact) mass is 328 g/mol. The van der Waals surface area contributed by atoms with Crippen molar-refractivity contribution in [2.45, 2.75) is 19.4 Å². The van der Waals surface area contributed by atoms with E-state index in [9.17, 15) is 4.79 Å². The number of carbonyl (C=O) groups is 1. The Morgan fingerprint density at radius 3 is 2.57 bits per heavy atom. The SMILES string of the molecule is CCOC(=O)C1=NN(c2ccccc2)C(c2ccc(Cl)cc2)C1. The topological polar surface area (TPSA) is 41.9 Å². The van der Waals surface area contributed by atoms with Crippen molar-refractivity contribution < 1.29 is 9.53 Å². The minimum absolute atomic E-state index is 0.0472. The molecule has 5 heteroatoms. The molecule has 0 N–H and O–H groups in total. The molecule has 0 amide bonds. The molecular weight excluding hydrogens is 312 g/mol. The van der Waals surface area contributed by atoms with Gasteiger partial charge in [0.25, 0.3) is 0 Å². The Morgan fingerprint density at radius 2 is 1.91 bits per heavy atom. The van der Waals surface area contributed by atoms with Crippen molar-refractivity contribution in [1.29, 1.82) is 0 Å². The summed E-state index contributed by atoms with van der Waals surface area (Å²) in [5.74, 6) is -0.357. The summed E-state index contributed by atoms with van der Waals surface area (Å²) in [6.07, 6.45) is 0.509. The smallest absolute Gasteiger partial charge is 0.354 e. The Labute approximate surface area is 140 Å². The summed E-state index contributed by atoms with van der Waals surface area (Å²) >= 11 is 5.98. The maximum absolute atomic E-state index is 12.1. The number of rotatable bonds is 4. The van der Waals surface area contributed by atoms with E-state index in [0.29, 0.717) is 23.8 Å². The van der Waals surface area contributed by atoms with Crippen molar-refractivity contribution >= 4 is 29.0 Å². The van der Waals surface area contributed by atoms with Crippen molar-refractivity contribution in [3.63, 3.8) is 0 Å². The highest BCUT2D eigenvalue weighted by molar-refractivity contribution is 6.37. The molecule has 0 bridgehead atoms. The Kier molecular flexibility index (Phi) is 4.63. The number of carbonyl (C=O) groups excluding carboxylic acids is 1. The van der Waals surface area contributed by atoms with Crippen LogP contribution in [0.5, 0.6) is 0 Å². The molecule has 2 aromatic carbocycles. The third-order valence-corrected chi connectivity index (χ3v) is 3.95. The fraction of sp³-hybridized carbons (Fsp3) is 0.222. The highest BCUT2D eigenvalue weighted by Crippen LogP contribution is 2.35. The number of hydrogen-bond donors (Lipinski definition) is 0. The molecule has 0 aliphatic carbocycles. The van der Waals surface area contributed by atoms with E-state index in [1.54, 1.807) is 6.92 Å². The molecule has 0 saturated carbocycles. The molecule has 0 fully saturated rings. The lowest BCUT2D eigenvalue weighted by atomic mass is 10.0. The van der Waals surface area contributed by atoms with Gasteiger partial charge < -0.3 is 4.74 Å². The van der Waals surface area contributed by atoms with E-state index >= 15 is 0 Å². The molecule has 0 radical (unpaired) electrons. The second-order valence-corrected chi connectivity index (χ2v) is 5.66. The fourth-order valence-electron chi connectivity index (χ4n) is 2.61. The number of hydrogen-bond acceptors (Lipinski definition) is 4. The minimum Gasteiger partial charge on any atom is -0.461 e. The maximum Gasteiger partial charge on any atom is 0.354 e. The zero-order chi connectivity index (χ0) is 16.2. The van der Waals surface area contributed by atoms with Crippen LogP contribution in [0.4, 0.5) is 5.69 Å². The Morgan fingerprint density at radius 1 is 1.22 bits per heavy atom. The number of hydrazone groups is 1. The highest BCUT2D eigenvalue weighted by atomic mass is 35.5. The van der Waals surface area contributed by atoms with E-state index in [4.69, 9.17) is 16.3 Å². The van der Waals surface area contributed by atoms with Crippen LogP contribution in [0.1, 0.15) is 24.9 Å². The summed E-state index contributed by atoms with van der Waals surface area (Å²) in [5.41, 5.74) is 2.43. The van der Waals surface area contributed by atoms with Crippen LogP contribution >= 0.6 is 11.6 Å². The molecule has 3 rings (SSSR count). The van der Waals surface area contributed by atoms with Crippen molar-refractivity contribution in [2.24, 2.45) is 5.10 Å². The van der Waals surface area contributed by atoms with Gasteiger partial charge in [-0.05, 0) is 36.8 Å². The molecule has 4 nitrogen and oxygen atoms in total. The largest absolute Gasteiger partial charge is 0.461 e. The molecule has 1 heterocycles. The number of ether oxygens (including phenoxy) is 1. The summed E-state index contributed by atoms with van der Waals surface area (Å²) in [5, 5.41) is 7.05. The van der Waals surface area contributed by atoms with Crippen LogP contribution in [0, 0.1) is 0 Å². The molecule has 1 atom stereocenters. The Bertz CT molecular complexity index is 714. The van der Waals surface area contributed by atoms with E-state index in [1.165, 1.54) is 0 Å². The van der Waals surface area contributed by atoms with Gasteiger partial charge in [0.15, 0.2) is 0 Å². The van der Waals surface area contributed by atoms with Crippen molar-refractivity contribution in [1.82, 2.24) is 0 Å². The van der Waals surface area contributed by atoms with Crippen molar-refractivity contribution in [2.75, 3.05) is 11.6 Å². The van der Waals surface area contributed by atoms with E-state index < -0.39 is 0 Å². The molecule has 23 heavy (non-hydrogen) atoms. The van der Waals surface area contributed by atoms with Crippen LogP contribution < -0.4 is 5.01 Å². The Hall–Kier alpha value is -2.33. The standard InChI is InChI=1S/C18H17ClN2O2/c1-2-23-18(22)16-12-17(13-8-10-14(19)11-9-13)21(20-16)15-6-4-3-5-7-15/h3-11,17H,2,12H2,1H3. The second-order valence-electron chi connectivity index (χ2n) is 5.22. The second kappa shape index (κ2) is 6.84. The first kappa shape index (κ1) is 15.6. The van der Waals surface area contributed by atoms with Gasteiger partial charge in [-0.15, -0.1) is 0 Å². The first-order valence-corrected chi connectivity index (χ1v) is 7.91. The number of para-hydroxylation sites is 1. The quantitative estimate of drug-likeness (QED) is 0.789. The molecular formula is C18H17ClN2O2. The lowest BCUT2D eigenvalue weighted by Crippen LogP contribution is -2.18. The van der Waals surface area contributed by atoms with Gasteiger partial charge in [0.1, 0.15) is 5.71 Å². The first-order chi connectivity index (χ1) is 11.2. The average molecular weight is 329 g/mol. The minimum atomic E-state index is -0.357. The molecule has 0 aromatic heterocycles. The number of esters is 1. The first-order valence-electron chi connectivity index (χ1n) is 7.53.